The zero-order valence-electron chi connectivity index (χ0n) is 8.00. The highest BCUT2D eigenvalue weighted by atomic mass is 19.3. The van der Waals surface area contributed by atoms with Crippen molar-refractivity contribution in [2.24, 2.45) is 5.73 Å². The second-order valence-corrected chi connectivity index (χ2v) is 3.04. The van der Waals surface area contributed by atoms with E-state index < -0.39 is 12.0 Å². The molecule has 3 nitrogen and oxygen atoms in total. The summed E-state index contributed by atoms with van der Waals surface area (Å²) in [4.78, 5) is 3.80. The predicted octanol–water partition coefficient (Wildman–Crippen LogP) is 1.75. The van der Waals surface area contributed by atoms with E-state index in [2.05, 4.69) is 4.98 Å². The molecule has 1 heterocycles. The van der Waals surface area contributed by atoms with Crippen molar-refractivity contribution in [2.45, 2.75) is 18.9 Å². The van der Waals surface area contributed by atoms with Gasteiger partial charge in [-0.3, -0.25) is 0 Å². The summed E-state index contributed by atoms with van der Waals surface area (Å²) in [6.07, 6.45) is 1.46. The van der Waals surface area contributed by atoms with Crippen LogP contribution in [-0.2, 0) is 0 Å². The number of nitrogens with zero attached hydrogens (tertiary/aromatic N) is 1. The number of methoxy groups -OCH3 is 1. The average molecular weight is 202 g/mol. The monoisotopic (exact) mass is 202 g/mol. The smallest absolute Gasteiger partial charge is 0.264 e. The number of rotatable bonds is 3. The number of halogens is 2. The molecule has 1 unspecified atom stereocenters. The van der Waals surface area contributed by atoms with Gasteiger partial charge in [-0.05, 0) is 6.07 Å². The maximum Gasteiger partial charge on any atom is 0.264 e. The number of alkyl halides is 2. The fourth-order valence-electron chi connectivity index (χ4n) is 1.08. The van der Waals surface area contributed by atoms with Crippen LogP contribution < -0.4 is 10.5 Å². The van der Waals surface area contributed by atoms with E-state index in [1.54, 1.807) is 6.07 Å². The van der Waals surface area contributed by atoms with E-state index in [1.807, 2.05) is 0 Å². The van der Waals surface area contributed by atoms with Crippen LogP contribution in [-0.4, -0.2) is 18.0 Å². The zero-order chi connectivity index (χ0) is 10.8. The second-order valence-electron chi connectivity index (χ2n) is 3.04. The lowest BCUT2D eigenvalue weighted by Gasteiger charge is -2.20. The Hall–Kier alpha value is -1.23. The summed E-state index contributed by atoms with van der Waals surface area (Å²) < 4.78 is 30.7. The SMILES string of the molecule is COc1ncccc1C(N)C(C)(F)F. The van der Waals surface area contributed by atoms with Gasteiger partial charge < -0.3 is 10.5 Å². The van der Waals surface area contributed by atoms with Crippen LogP contribution in [0.1, 0.15) is 18.5 Å². The molecule has 0 fully saturated rings. The molecule has 0 saturated carbocycles. The van der Waals surface area contributed by atoms with E-state index >= 15 is 0 Å². The van der Waals surface area contributed by atoms with Gasteiger partial charge in [-0.1, -0.05) is 6.07 Å². The molecule has 1 atom stereocenters. The molecule has 78 valence electrons. The van der Waals surface area contributed by atoms with Crippen LogP contribution in [0.2, 0.25) is 0 Å². The Balaban J connectivity index is 3.06. The molecule has 0 radical (unpaired) electrons. The average Bonchev–Trinajstić information content (AvgIpc) is 2.15. The summed E-state index contributed by atoms with van der Waals surface area (Å²) in [5.74, 6) is -2.85. The first-order valence-electron chi connectivity index (χ1n) is 4.09. The normalized spacial score (nSPS) is 13.8. The van der Waals surface area contributed by atoms with Crippen molar-refractivity contribution in [3.05, 3.63) is 23.9 Å². The number of ether oxygens (including phenoxy) is 1. The lowest BCUT2D eigenvalue weighted by atomic mass is 10.0. The van der Waals surface area contributed by atoms with Gasteiger partial charge in [0.2, 0.25) is 5.88 Å². The molecule has 2 N–H and O–H groups in total. The van der Waals surface area contributed by atoms with E-state index in [0.29, 0.717) is 0 Å². The Bertz CT molecular complexity index is 312. The molecule has 1 aromatic rings. The van der Waals surface area contributed by atoms with Crippen LogP contribution in [0.3, 0.4) is 0 Å². The molecule has 1 rings (SSSR count). The molecule has 1 aromatic heterocycles. The Morgan fingerprint density at radius 3 is 2.71 bits per heavy atom. The zero-order valence-corrected chi connectivity index (χ0v) is 8.00. The van der Waals surface area contributed by atoms with Crippen LogP contribution >= 0.6 is 0 Å². The molecular formula is C9H12F2N2O. The topological polar surface area (TPSA) is 48.1 Å². The Morgan fingerprint density at radius 2 is 2.21 bits per heavy atom. The van der Waals surface area contributed by atoms with Crippen LogP contribution in [0.25, 0.3) is 0 Å². The largest absolute Gasteiger partial charge is 0.481 e. The van der Waals surface area contributed by atoms with Crippen LogP contribution in [0, 0.1) is 0 Å². The third-order valence-corrected chi connectivity index (χ3v) is 1.88. The molecule has 0 aliphatic rings. The number of hydrogen-bond acceptors (Lipinski definition) is 3. The van der Waals surface area contributed by atoms with Gasteiger partial charge in [0.1, 0.15) is 0 Å². The van der Waals surface area contributed by atoms with Gasteiger partial charge in [-0.15, -0.1) is 0 Å². The maximum atomic E-state index is 12.9. The Morgan fingerprint density at radius 1 is 1.57 bits per heavy atom. The van der Waals surface area contributed by atoms with Crippen molar-refractivity contribution in [2.75, 3.05) is 7.11 Å². The van der Waals surface area contributed by atoms with Crippen molar-refractivity contribution >= 4 is 0 Å². The van der Waals surface area contributed by atoms with Gasteiger partial charge >= 0.3 is 0 Å². The van der Waals surface area contributed by atoms with Gasteiger partial charge in [0, 0.05) is 18.7 Å². The lowest BCUT2D eigenvalue weighted by molar-refractivity contribution is -0.00702. The quantitative estimate of drug-likeness (QED) is 0.812. The molecule has 0 saturated heterocycles. The molecule has 0 spiro atoms. The summed E-state index contributed by atoms with van der Waals surface area (Å²) in [5, 5.41) is 0. The predicted molar refractivity (Wildman–Crippen MR) is 48.3 cm³/mol. The molecule has 14 heavy (non-hydrogen) atoms. The summed E-state index contributed by atoms with van der Waals surface area (Å²) in [6, 6.07) is 1.63. The van der Waals surface area contributed by atoms with Gasteiger partial charge in [0.15, 0.2) is 0 Å². The Kier molecular flexibility index (Phi) is 3.00. The highest BCUT2D eigenvalue weighted by Crippen LogP contribution is 2.32. The summed E-state index contributed by atoms with van der Waals surface area (Å²) in [5.41, 5.74) is 5.59. The standard InChI is InChI=1S/C9H12F2N2O/c1-9(10,11)7(12)6-4-3-5-13-8(6)14-2/h3-5,7H,12H2,1-2H3. The molecule has 0 aliphatic carbocycles. The summed E-state index contributed by atoms with van der Waals surface area (Å²) >= 11 is 0. The number of hydrogen-bond donors (Lipinski definition) is 1. The van der Waals surface area contributed by atoms with Gasteiger partial charge in [-0.2, -0.15) is 0 Å². The summed E-state index contributed by atoms with van der Waals surface area (Å²) in [7, 11) is 1.37. The third-order valence-electron chi connectivity index (χ3n) is 1.88. The highest BCUT2D eigenvalue weighted by molar-refractivity contribution is 5.29. The molecule has 0 amide bonds. The molecular weight excluding hydrogens is 190 g/mol. The van der Waals surface area contributed by atoms with E-state index in [1.165, 1.54) is 19.4 Å². The van der Waals surface area contributed by atoms with Crippen LogP contribution in [0.5, 0.6) is 5.88 Å². The maximum absolute atomic E-state index is 12.9. The van der Waals surface area contributed by atoms with Gasteiger partial charge in [0.05, 0.1) is 13.2 Å². The highest BCUT2D eigenvalue weighted by Gasteiger charge is 2.34. The second kappa shape index (κ2) is 3.88. The van der Waals surface area contributed by atoms with Crippen LogP contribution in [0.15, 0.2) is 18.3 Å². The van der Waals surface area contributed by atoms with Crippen molar-refractivity contribution < 1.29 is 13.5 Å². The van der Waals surface area contributed by atoms with Gasteiger partial charge in [0.25, 0.3) is 5.92 Å². The minimum absolute atomic E-state index is 0.140. The fraction of sp³-hybridized carbons (Fsp3) is 0.444. The van der Waals surface area contributed by atoms with E-state index in [-0.39, 0.29) is 11.4 Å². The van der Waals surface area contributed by atoms with E-state index in [4.69, 9.17) is 10.5 Å². The van der Waals surface area contributed by atoms with Gasteiger partial charge in [-0.25, -0.2) is 13.8 Å². The minimum atomic E-state index is -2.99. The van der Waals surface area contributed by atoms with Crippen LogP contribution in [0.4, 0.5) is 8.78 Å². The Labute approximate surface area is 80.9 Å². The van der Waals surface area contributed by atoms with E-state index in [9.17, 15) is 8.78 Å². The number of pyridine rings is 1. The first-order valence-corrected chi connectivity index (χ1v) is 4.09. The van der Waals surface area contributed by atoms with E-state index in [0.717, 1.165) is 6.92 Å². The van der Waals surface area contributed by atoms with Crippen molar-refractivity contribution in [1.29, 1.82) is 0 Å². The first kappa shape index (κ1) is 10.8. The minimum Gasteiger partial charge on any atom is -0.481 e. The molecule has 0 bridgehead atoms. The molecule has 0 aromatic carbocycles. The first-order chi connectivity index (χ1) is 6.46. The fourth-order valence-corrected chi connectivity index (χ4v) is 1.08. The third kappa shape index (κ3) is 2.17. The van der Waals surface area contributed by atoms with Crippen molar-refractivity contribution in [3.8, 4) is 5.88 Å². The number of aromatic nitrogens is 1. The molecule has 0 aliphatic heterocycles. The summed E-state index contributed by atoms with van der Waals surface area (Å²) in [6.45, 7) is 0.768. The van der Waals surface area contributed by atoms with Crippen molar-refractivity contribution in [1.82, 2.24) is 4.98 Å². The molecule has 5 heteroatoms. The number of nitrogens with two attached hydrogens (primary N) is 1. The van der Waals surface area contributed by atoms with Crippen molar-refractivity contribution in [3.63, 3.8) is 0 Å². The lowest BCUT2D eigenvalue weighted by Crippen LogP contribution is -2.30.